The van der Waals surface area contributed by atoms with Gasteiger partial charge in [-0.05, 0) is 28.7 Å². The third kappa shape index (κ3) is 2.60. The lowest BCUT2D eigenvalue weighted by molar-refractivity contribution is -0.386. The molecule has 0 aliphatic carbocycles. The van der Waals surface area contributed by atoms with Crippen LogP contribution in [0.5, 0.6) is 0 Å². The molecule has 0 saturated carbocycles. The number of hydrogen-bond acceptors (Lipinski definition) is 4. The van der Waals surface area contributed by atoms with E-state index in [4.69, 9.17) is 5.26 Å². The van der Waals surface area contributed by atoms with Crippen LogP contribution < -0.4 is 0 Å². The third-order valence-corrected chi connectivity index (χ3v) is 2.51. The van der Waals surface area contributed by atoms with E-state index in [1.54, 1.807) is 28.7 Å². The molecule has 0 bridgehead atoms. The van der Waals surface area contributed by atoms with Crippen LogP contribution in [0.3, 0.4) is 0 Å². The zero-order valence-corrected chi connectivity index (χ0v) is 9.81. The average Bonchev–Trinajstić information content (AvgIpc) is 2.16. The van der Waals surface area contributed by atoms with Gasteiger partial charge >= 0.3 is 5.69 Å². The molecule has 1 heterocycles. The van der Waals surface area contributed by atoms with Gasteiger partial charge < -0.3 is 0 Å². The number of halogens is 3. The van der Waals surface area contributed by atoms with Gasteiger partial charge in [0.25, 0.3) is 6.43 Å². The van der Waals surface area contributed by atoms with E-state index in [-0.39, 0.29) is 21.4 Å². The second kappa shape index (κ2) is 5.11. The minimum absolute atomic E-state index is 0.0538. The van der Waals surface area contributed by atoms with Gasteiger partial charge in [0.05, 0.1) is 21.0 Å². The minimum atomic E-state index is -2.81. The van der Waals surface area contributed by atoms with E-state index in [9.17, 15) is 18.9 Å². The maximum Gasteiger partial charge on any atom is 0.305 e. The number of aromatic nitrogens is 1. The molecular formula is C8H4F2IN3O2. The number of nitro groups is 1. The first kappa shape index (κ1) is 12.7. The molecule has 0 aromatic carbocycles. The molecular weight excluding hydrogens is 335 g/mol. The lowest BCUT2D eigenvalue weighted by Gasteiger charge is -2.04. The lowest BCUT2D eigenvalue weighted by atomic mass is 10.2. The fraction of sp³-hybridized carbons (Fsp3) is 0.250. The third-order valence-electron chi connectivity index (χ3n) is 1.69. The van der Waals surface area contributed by atoms with E-state index in [0.29, 0.717) is 0 Å². The maximum absolute atomic E-state index is 12.4. The maximum atomic E-state index is 12.4. The zero-order valence-electron chi connectivity index (χ0n) is 7.65. The van der Waals surface area contributed by atoms with Gasteiger partial charge in [-0.1, -0.05) is 0 Å². The van der Waals surface area contributed by atoms with Gasteiger partial charge in [-0.3, -0.25) is 10.1 Å². The summed E-state index contributed by atoms with van der Waals surface area (Å²) in [4.78, 5) is 13.4. The standard InChI is InChI=1S/C8H4F2IN3O2/c9-8(10)6-3-4(11)7(14(15)16)5(13-6)1-2-12/h3,8H,1H2. The van der Waals surface area contributed by atoms with Crippen molar-refractivity contribution in [1.29, 1.82) is 5.26 Å². The van der Waals surface area contributed by atoms with Crippen molar-refractivity contribution in [1.82, 2.24) is 4.98 Å². The number of nitriles is 1. The second-order valence-corrected chi connectivity index (χ2v) is 3.88. The Balaban J connectivity index is 3.40. The van der Waals surface area contributed by atoms with Crippen molar-refractivity contribution in [3.63, 3.8) is 0 Å². The highest BCUT2D eigenvalue weighted by molar-refractivity contribution is 14.1. The molecule has 0 aliphatic heterocycles. The topological polar surface area (TPSA) is 79.8 Å². The Morgan fingerprint density at radius 3 is 2.75 bits per heavy atom. The molecule has 0 saturated heterocycles. The van der Waals surface area contributed by atoms with Crippen LogP contribution in [0.4, 0.5) is 14.5 Å². The van der Waals surface area contributed by atoms with Crippen LogP contribution >= 0.6 is 22.6 Å². The first-order chi connectivity index (χ1) is 7.47. The van der Waals surface area contributed by atoms with Crippen LogP contribution in [0.25, 0.3) is 0 Å². The Bertz CT molecular complexity index is 473. The average molecular weight is 339 g/mol. The van der Waals surface area contributed by atoms with Gasteiger partial charge in [0.15, 0.2) is 0 Å². The second-order valence-electron chi connectivity index (χ2n) is 2.72. The van der Waals surface area contributed by atoms with E-state index in [0.717, 1.165) is 6.07 Å². The largest absolute Gasteiger partial charge is 0.305 e. The van der Waals surface area contributed by atoms with Gasteiger partial charge in [-0.25, -0.2) is 13.8 Å². The van der Waals surface area contributed by atoms with Crippen molar-refractivity contribution in [3.05, 3.63) is 31.1 Å². The van der Waals surface area contributed by atoms with Crippen LogP contribution in [0.2, 0.25) is 0 Å². The Kier molecular flexibility index (Phi) is 4.05. The molecule has 8 heteroatoms. The summed E-state index contributed by atoms with van der Waals surface area (Å²) >= 11 is 1.58. The van der Waals surface area contributed by atoms with E-state index >= 15 is 0 Å². The molecule has 1 aromatic rings. The van der Waals surface area contributed by atoms with Crippen molar-refractivity contribution in [2.24, 2.45) is 0 Å². The summed E-state index contributed by atoms with van der Waals surface area (Å²) in [6, 6.07) is 2.61. The van der Waals surface area contributed by atoms with Crippen molar-refractivity contribution in [3.8, 4) is 6.07 Å². The molecule has 0 amide bonds. The highest BCUT2D eigenvalue weighted by Crippen LogP contribution is 2.28. The van der Waals surface area contributed by atoms with Crippen LogP contribution in [-0.4, -0.2) is 9.91 Å². The zero-order chi connectivity index (χ0) is 12.3. The summed E-state index contributed by atoms with van der Waals surface area (Å²) in [5, 5.41) is 19.1. The Morgan fingerprint density at radius 2 is 2.31 bits per heavy atom. The summed E-state index contributed by atoms with van der Waals surface area (Å²) in [6.07, 6.45) is -3.18. The SMILES string of the molecule is N#CCc1nc(C(F)F)cc(I)c1[N+](=O)[O-]. The number of hydrogen-bond donors (Lipinski definition) is 0. The van der Waals surface area contributed by atoms with E-state index in [2.05, 4.69) is 4.98 Å². The first-order valence-electron chi connectivity index (χ1n) is 3.96. The highest BCUT2D eigenvalue weighted by atomic mass is 127. The predicted molar refractivity (Wildman–Crippen MR) is 57.9 cm³/mol. The Morgan fingerprint density at radius 1 is 1.69 bits per heavy atom. The van der Waals surface area contributed by atoms with Crippen LogP contribution in [-0.2, 0) is 6.42 Å². The number of alkyl halides is 2. The number of nitrogens with zero attached hydrogens (tertiary/aromatic N) is 3. The van der Waals surface area contributed by atoms with Gasteiger partial charge in [0.2, 0.25) is 0 Å². The number of pyridine rings is 1. The Hall–Kier alpha value is -1.37. The molecule has 0 atom stereocenters. The molecule has 0 radical (unpaired) electrons. The van der Waals surface area contributed by atoms with Crippen LogP contribution in [0.15, 0.2) is 6.07 Å². The van der Waals surface area contributed by atoms with Crippen molar-refractivity contribution < 1.29 is 13.7 Å². The molecule has 0 N–H and O–H groups in total. The van der Waals surface area contributed by atoms with Crippen molar-refractivity contribution in [2.75, 3.05) is 0 Å². The summed E-state index contributed by atoms with van der Waals surface area (Å²) in [6.45, 7) is 0. The van der Waals surface area contributed by atoms with Gasteiger partial charge in [0.1, 0.15) is 11.4 Å². The molecule has 16 heavy (non-hydrogen) atoms. The molecule has 84 valence electrons. The molecule has 0 fully saturated rings. The monoisotopic (exact) mass is 339 g/mol. The predicted octanol–water partition coefficient (Wildman–Crippen LogP) is 2.60. The molecule has 5 nitrogen and oxygen atoms in total. The van der Waals surface area contributed by atoms with E-state index < -0.39 is 17.0 Å². The summed E-state index contributed by atoms with van der Waals surface area (Å²) in [7, 11) is 0. The summed E-state index contributed by atoms with van der Waals surface area (Å²) < 4.78 is 24.8. The number of rotatable bonds is 3. The first-order valence-corrected chi connectivity index (χ1v) is 5.04. The normalized spacial score (nSPS) is 10.2. The molecule has 1 rings (SSSR count). The lowest BCUT2D eigenvalue weighted by Crippen LogP contribution is -2.04. The Labute approximate surface area is 102 Å². The minimum Gasteiger partial charge on any atom is -0.258 e. The van der Waals surface area contributed by atoms with E-state index in [1.165, 1.54) is 0 Å². The smallest absolute Gasteiger partial charge is 0.258 e. The summed E-state index contributed by atoms with van der Waals surface area (Å²) in [5.74, 6) is 0. The summed E-state index contributed by atoms with van der Waals surface area (Å²) in [5.41, 5.74) is -1.17. The highest BCUT2D eigenvalue weighted by Gasteiger charge is 2.23. The van der Waals surface area contributed by atoms with Gasteiger partial charge in [-0.2, -0.15) is 5.26 Å². The molecule has 0 spiro atoms. The van der Waals surface area contributed by atoms with Crippen molar-refractivity contribution >= 4 is 28.3 Å². The molecule has 1 aromatic heterocycles. The molecule has 0 unspecified atom stereocenters. The fourth-order valence-electron chi connectivity index (χ4n) is 1.08. The van der Waals surface area contributed by atoms with Crippen molar-refractivity contribution in [2.45, 2.75) is 12.8 Å². The fourth-order valence-corrected chi connectivity index (χ4v) is 1.91. The van der Waals surface area contributed by atoms with Crippen LogP contribution in [0, 0.1) is 25.0 Å². The molecule has 0 aliphatic rings. The van der Waals surface area contributed by atoms with E-state index in [1.807, 2.05) is 0 Å². The van der Waals surface area contributed by atoms with Crippen LogP contribution in [0.1, 0.15) is 17.8 Å². The van der Waals surface area contributed by atoms with Gasteiger partial charge in [-0.15, -0.1) is 0 Å². The quantitative estimate of drug-likeness (QED) is 0.482. The van der Waals surface area contributed by atoms with Gasteiger partial charge in [0, 0.05) is 0 Å².